The van der Waals surface area contributed by atoms with Gasteiger partial charge < -0.3 is 15.2 Å². The highest BCUT2D eigenvalue weighted by Gasteiger charge is 2.48. The van der Waals surface area contributed by atoms with Gasteiger partial charge in [-0.05, 0) is 29.7 Å². The number of rotatable bonds is 5. The molecular weight excluding hydrogens is 429 g/mol. The number of benzene rings is 2. The first-order valence-corrected chi connectivity index (χ1v) is 11.6. The lowest BCUT2D eigenvalue weighted by atomic mass is 9.97. The summed E-state index contributed by atoms with van der Waals surface area (Å²) in [4.78, 5) is 19.5. The van der Waals surface area contributed by atoms with E-state index in [1.54, 1.807) is 17.6 Å². The van der Waals surface area contributed by atoms with Crippen LogP contribution in [0.15, 0.2) is 60.2 Å². The number of aliphatic hydroxyl groups is 1. The topological polar surface area (TPSA) is 74.7 Å². The van der Waals surface area contributed by atoms with E-state index in [0.29, 0.717) is 23.6 Å². The molecule has 1 saturated carbocycles. The Morgan fingerprint density at radius 2 is 2.06 bits per heavy atom. The van der Waals surface area contributed by atoms with Crippen molar-refractivity contribution >= 4 is 17.2 Å². The minimum atomic E-state index is -0.838. The average Bonchev–Trinajstić information content (AvgIpc) is 3.43. The quantitative estimate of drug-likeness (QED) is 0.621. The number of hydrogen-bond donors (Lipinski definition) is 2. The number of aliphatic hydroxyl groups excluding tert-OH is 1. The van der Waals surface area contributed by atoms with Gasteiger partial charge >= 0.3 is 0 Å². The van der Waals surface area contributed by atoms with E-state index in [4.69, 9.17) is 4.74 Å². The monoisotopic (exact) mass is 453 g/mol. The Kier molecular flexibility index (Phi) is 5.91. The van der Waals surface area contributed by atoms with Crippen LogP contribution in [0.2, 0.25) is 0 Å². The number of aromatic nitrogens is 1. The zero-order valence-electron chi connectivity index (χ0n) is 17.4. The molecule has 32 heavy (non-hydrogen) atoms. The molecule has 0 radical (unpaired) electrons. The number of carbonyl (C=O) groups is 1. The van der Waals surface area contributed by atoms with Gasteiger partial charge in [-0.3, -0.25) is 14.7 Å². The van der Waals surface area contributed by atoms with E-state index in [9.17, 15) is 14.3 Å². The summed E-state index contributed by atoms with van der Waals surface area (Å²) >= 11 is 1.28. The Bertz CT molecular complexity index is 1090. The standard InChI is InChI=1S/C24H24FN3O3S/c25-17-6-3-7-18(10-17)31-20-11-19(27-24(30)21-12-26-14-32-21)22(23(20)29)28-9-8-15-4-1-2-5-16(15)13-28/h1-7,10,12,14,19-20,22-23,29H,8-9,11,13H2,(H,27,30)/t19-,20-,22+,23+/m1/s1. The second-order valence-corrected chi connectivity index (χ2v) is 9.15. The van der Waals surface area contributed by atoms with Gasteiger partial charge in [0.25, 0.3) is 5.91 Å². The van der Waals surface area contributed by atoms with Crippen molar-refractivity contribution in [2.24, 2.45) is 0 Å². The van der Waals surface area contributed by atoms with Crippen molar-refractivity contribution in [2.75, 3.05) is 6.54 Å². The maximum absolute atomic E-state index is 13.6. The Morgan fingerprint density at radius 3 is 2.84 bits per heavy atom. The highest BCUT2D eigenvalue weighted by Crippen LogP contribution is 2.33. The summed E-state index contributed by atoms with van der Waals surface area (Å²) in [6, 6.07) is 13.6. The van der Waals surface area contributed by atoms with Crippen LogP contribution in [0.5, 0.6) is 5.75 Å². The largest absolute Gasteiger partial charge is 0.487 e. The number of halogens is 1. The summed E-state index contributed by atoms with van der Waals surface area (Å²) in [6.45, 7) is 1.47. The molecule has 1 aromatic heterocycles. The maximum atomic E-state index is 13.6. The van der Waals surface area contributed by atoms with E-state index in [2.05, 4.69) is 27.3 Å². The van der Waals surface area contributed by atoms with E-state index < -0.39 is 18.0 Å². The van der Waals surface area contributed by atoms with Crippen LogP contribution in [0.4, 0.5) is 4.39 Å². The molecule has 0 unspecified atom stereocenters. The summed E-state index contributed by atoms with van der Waals surface area (Å²) < 4.78 is 19.6. The number of amides is 1. The molecule has 3 aromatic rings. The molecule has 4 atom stereocenters. The van der Waals surface area contributed by atoms with Gasteiger partial charge in [-0.1, -0.05) is 30.3 Å². The van der Waals surface area contributed by atoms with E-state index >= 15 is 0 Å². The van der Waals surface area contributed by atoms with Crippen LogP contribution in [-0.2, 0) is 13.0 Å². The third-order valence-electron chi connectivity index (χ3n) is 6.27. The molecule has 0 saturated heterocycles. The lowest BCUT2D eigenvalue weighted by Gasteiger charge is -2.38. The summed E-state index contributed by atoms with van der Waals surface area (Å²) in [5.41, 5.74) is 4.16. The summed E-state index contributed by atoms with van der Waals surface area (Å²) in [7, 11) is 0. The Hall–Kier alpha value is -2.81. The van der Waals surface area contributed by atoms with Crippen LogP contribution in [0.25, 0.3) is 0 Å². The van der Waals surface area contributed by atoms with Crippen molar-refractivity contribution in [3.05, 3.63) is 82.1 Å². The van der Waals surface area contributed by atoms with E-state index in [0.717, 1.165) is 13.0 Å². The van der Waals surface area contributed by atoms with Gasteiger partial charge in [0.1, 0.15) is 28.7 Å². The SMILES string of the molecule is O=C(N[C@@H]1C[C@@H](Oc2cccc(F)c2)[C@H](O)[C@H]1N1CCc2ccccc2C1)c1cncs1. The Morgan fingerprint density at radius 1 is 1.22 bits per heavy atom. The molecule has 2 aromatic carbocycles. The van der Waals surface area contributed by atoms with Gasteiger partial charge in [0.05, 0.1) is 23.8 Å². The van der Waals surface area contributed by atoms with Crippen molar-refractivity contribution in [1.82, 2.24) is 15.2 Å². The second kappa shape index (κ2) is 8.97. The smallest absolute Gasteiger partial charge is 0.263 e. The lowest BCUT2D eigenvalue weighted by Crippen LogP contribution is -2.54. The second-order valence-electron chi connectivity index (χ2n) is 8.27. The van der Waals surface area contributed by atoms with Gasteiger partial charge in [0.15, 0.2) is 0 Å². The fraction of sp³-hybridized carbons (Fsp3) is 0.333. The number of carbonyl (C=O) groups excluding carboxylic acids is 1. The van der Waals surface area contributed by atoms with Crippen molar-refractivity contribution in [1.29, 1.82) is 0 Å². The zero-order valence-corrected chi connectivity index (χ0v) is 18.2. The zero-order chi connectivity index (χ0) is 22.1. The molecular formula is C24H24FN3O3S. The van der Waals surface area contributed by atoms with Gasteiger partial charge in [-0.15, -0.1) is 11.3 Å². The number of nitrogens with zero attached hydrogens (tertiary/aromatic N) is 2. The Labute approximate surface area is 189 Å². The molecule has 1 fully saturated rings. The van der Waals surface area contributed by atoms with Crippen LogP contribution >= 0.6 is 11.3 Å². The van der Waals surface area contributed by atoms with E-state index in [1.807, 2.05) is 12.1 Å². The minimum absolute atomic E-state index is 0.210. The predicted molar refractivity (Wildman–Crippen MR) is 119 cm³/mol. The van der Waals surface area contributed by atoms with Crippen molar-refractivity contribution in [3.63, 3.8) is 0 Å². The summed E-state index contributed by atoms with van der Waals surface area (Å²) in [5.74, 6) is -0.237. The van der Waals surface area contributed by atoms with Gasteiger partial charge in [0.2, 0.25) is 0 Å². The van der Waals surface area contributed by atoms with Crippen LogP contribution in [0.3, 0.4) is 0 Å². The van der Waals surface area contributed by atoms with Gasteiger partial charge in [-0.25, -0.2) is 4.39 Å². The van der Waals surface area contributed by atoms with Crippen molar-refractivity contribution in [2.45, 2.75) is 43.7 Å². The van der Waals surface area contributed by atoms with Crippen molar-refractivity contribution < 1.29 is 19.0 Å². The van der Waals surface area contributed by atoms with Crippen molar-refractivity contribution in [3.8, 4) is 5.75 Å². The average molecular weight is 454 g/mol. The van der Waals surface area contributed by atoms with E-state index in [-0.39, 0.29) is 18.0 Å². The molecule has 0 bridgehead atoms. The molecule has 1 aliphatic carbocycles. The molecule has 2 N–H and O–H groups in total. The third kappa shape index (κ3) is 4.26. The van der Waals surface area contributed by atoms with Crippen LogP contribution in [0, 0.1) is 5.82 Å². The third-order valence-corrected chi connectivity index (χ3v) is 7.04. The van der Waals surface area contributed by atoms with Gasteiger partial charge in [-0.2, -0.15) is 0 Å². The normalized spacial score (nSPS) is 25.3. The number of nitrogens with one attached hydrogen (secondary N) is 1. The Balaban J connectivity index is 1.39. The van der Waals surface area contributed by atoms with E-state index in [1.165, 1.54) is 40.8 Å². The maximum Gasteiger partial charge on any atom is 0.263 e. The molecule has 5 rings (SSSR count). The number of hydrogen-bond acceptors (Lipinski definition) is 6. The lowest BCUT2D eigenvalue weighted by molar-refractivity contribution is 0.00251. The minimum Gasteiger partial charge on any atom is -0.487 e. The summed E-state index contributed by atoms with van der Waals surface area (Å²) in [6.07, 6.45) is 1.44. The van der Waals surface area contributed by atoms with Crippen LogP contribution in [0.1, 0.15) is 27.2 Å². The predicted octanol–water partition coefficient (Wildman–Crippen LogP) is 3.02. The fourth-order valence-corrected chi connectivity index (χ4v) is 5.30. The fourth-order valence-electron chi connectivity index (χ4n) is 4.77. The first-order chi connectivity index (χ1) is 15.6. The first-order valence-electron chi connectivity index (χ1n) is 10.7. The molecule has 6 nitrogen and oxygen atoms in total. The number of ether oxygens (including phenoxy) is 1. The highest BCUT2D eigenvalue weighted by atomic mass is 32.1. The first kappa shape index (κ1) is 21.1. The molecule has 1 amide bonds. The number of thiazole rings is 1. The van der Waals surface area contributed by atoms with Gasteiger partial charge in [0, 0.05) is 25.6 Å². The molecule has 0 spiro atoms. The highest BCUT2D eigenvalue weighted by molar-refractivity contribution is 7.11. The molecule has 1 aliphatic heterocycles. The van der Waals surface area contributed by atoms with Crippen LogP contribution in [-0.4, -0.2) is 51.7 Å². The molecule has 166 valence electrons. The molecule has 8 heteroatoms. The number of fused-ring (bicyclic) bond motifs is 1. The molecule has 2 aliphatic rings. The van der Waals surface area contributed by atoms with Crippen LogP contribution < -0.4 is 10.1 Å². The summed E-state index contributed by atoms with van der Waals surface area (Å²) in [5, 5.41) is 14.4. The molecule has 2 heterocycles.